The van der Waals surface area contributed by atoms with Crippen LogP contribution in [0.5, 0.6) is 17.2 Å². The number of allylic oxidation sites excluding steroid dienone is 1. The Kier molecular flexibility index (Phi) is 8.35. The van der Waals surface area contributed by atoms with E-state index >= 15 is 0 Å². The molecule has 0 unspecified atom stereocenters. The fourth-order valence-electron chi connectivity index (χ4n) is 2.13. The molecule has 6 heteroatoms. The van der Waals surface area contributed by atoms with Crippen LogP contribution < -0.4 is 9.47 Å². The van der Waals surface area contributed by atoms with Crippen molar-refractivity contribution in [2.75, 3.05) is 26.8 Å². The summed E-state index contributed by atoms with van der Waals surface area (Å²) in [6.07, 6.45) is 3.08. The van der Waals surface area contributed by atoms with Gasteiger partial charge in [0.15, 0.2) is 19.4 Å². The number of rotatable bonds is 11. The number of ketones is 1. The molecule has 2 aromatic rings. The van der Waals surface area contributed by atoms with E-state index in [1.807, 2.05) is 26.0 Å². The van der Waals surface area contributed by atoms with E-state index in [0.717, 1.165) is 5.56 Å². The lowest BCUT2D eigenvalue weighted by atomic mass is 10.1. The Morgan fingerprint density at radius 1 is 0.926 bits per heavy atom. The predicted octanol–water partition coefficient (Wildman–Crippen LogP) is 4.03. The van der Waals surface area contributed by atoms with Gasteiger partial charge in [-0.1, -0.05) is 18.2 Å². The highest BCUT2D eigenvalue weighted by molar-refractivity contribution is 6.08. The number of carbonyl (C=O) groups is 1. The van der Waals surface area contributed by atoms with Gasteiger partial charge in [-0.05, 0) is 49.8 Å². The van der Waals surface area contributed by atoms with Crippen LogP contribution in [-0.4, -0.2) is 37.7 Å². The number of ether oxygens (including phenoxy) is 4. The van der Waals surface area contributed by atoms with Crippen LogP contribution in [0.15, 0.2) is 48.5 Å². The zero-order valence-corrected chi connectivity index (χ0v) is 15.5. The molecule has 0 bridgehead atoms. The van der Waals surface area contributed by atoms with Crippen molar-refractivity contribution in [3.63, 3.8) is 0 Å². The summed E-state index contributed by atoms with van der Waals surface area (Å²) >= 11 is 0. The Balaban J connectivity index is 1.95. The smallest absolute Gasteiger partial charge is 0.189 e. The van der Waals surface area contributed by atoms with Gasteiger partial charge in [0.1, 0.15) is 17.2 Å². The number of aromatic hydroxyl groups is 1. The molecule has 2 rings (SSSR count). The van der Waals surface area contributed by atoms with E-state index in [2.05, 4.69) is 0 Å². The third-order valence-electron chi connectivity index (χ3n) is 3.57. The molecule has 0 aliphatic rings. The molecule has 0 saturated carbocycles. The Bertz CT molecular complexity index is 752. The first-order valence-corrected chi connectivity index (χ1v) is 8.70. The van der Waals surface area contributed by atoms with E-state index in [9.17, 15) is 9.90 Å². The Morgan fingerprint density at radius 2 is 1.52 bits per heavy atom. The molecule has 0 spiro atoms. The predicted molar refractivity (Wildman–Crippen MR) is 102 cm³/mol. The van der Waals surface area contributed by atoms with Crippen LogP contribution >= 0.6 is 0 Å². The molecule has 27 heavy (non-hydrogen) atoms. The minimum absolute atomic E-state index is 0.0907. The Hall–Kier alpha value is -2.83. The lowest BCUT2D eigenvalue weighted by Crippen LogP contribution is -2.02. The molecule has 0 atom stereocenters. The van der Waals surface area contributed by atoms with Crippen LogP contribution in [0.1, 0.15) is 29.8 Å². The van der Waals surface area contributed by atoms with Gasteiger partial charge in [-0.2, -0.15) is 0 Å². The third kappa shape index (κ3) is 6.77. The standard InChI is InChI=1S/C21H24O6/c1-3-24-14-26-17-8-5-16(6-9-17)7-12-20(22)19-11-10-18(13-21(19)23)27-15-25-4-2/h5-13,23H,3-4,14-15H2,1-2H3/b12-7+. The molecule has 0 heterocycles. The van der Waals surface area contributed by atoms with Crippen molar-refractivity contribution in [3.05, 3.63) is 59.7 Å². The first-order chi connectivity index (χ1) is 13.1. The summed E-state index contributed by atoms with van der Waals surface area (Å²) in [7, 11) is 0. The van der Waals surface area contributed by atoms with Gasteiger partial charge < -0.3 is 24.1 Å². The minimum Gasteiger partial charge on any atom is -0.507 e. The summed E-state index contributed by atoms with van der Waals surface area (Å²) < 4.78 is 20.9. The van der Waals surface area contributed by atoms with Crippen molar-refractivity contribution < 1.29 is 28.8 Å². The maximum absolute atomic E-state index is 12.3. The van der Waals surface area contributed by atoms with Gasteiger partial charge in [-0.15, -0.1) is 0 Å². The average molecular weight is 372 g/mol. The molecule has 0 aliphatic heterocycles. The zero-order chi connectivity index (χ0) is 19.5. The molecule has 0 saturated heterocycles. The first kappa shape index (κ1) is 20.5. The summed E-state index contributed by atoms with van der Waals surface area (Å²) in [5, 5.41) is 10.1. The van der Waals surface area contributed by atoms with Crippen molar-refractivity contribution in [1.29, 1.82) is 0 Å². The number of benzene rings is 2. The van der Waals surface area contributed by atoms with Crippen molar-refractivity contribution in [3.8, 4) is 17.2 Å². The quantitative estimate of drug-likeness (QED) is 0.278. The Labute approximate surface area is 158 Å². The maximum atomic E-state index is 12.3. The van der Waals surface area contributed by atoms with Gasteiger partial charge >= 0.3 is 0 Å². The summed E-state index contributed by atoms with van der Waals surface area (Å²) in [4.78, 5) is 12.3. The summed E-state index contributed by atoms with van der Waals surface area (Å²) in [6.45, 7) is 5.17. The fraction of sp³-hybridized carbons (Fsp3) is 0.286. The molecular formula is C21H24O6. The van der Waals surface area contributed by atoms with Crippen LogP contribution in [0, 0.1) is 0 Å². The second-order valence-electron chi connectivity index (χ2n) is 5.46. The number of carbonyl (C=O) groups excluding carboxylic acids is 1. The van der Waals surface area contributed by atoms with Crippen LogP contribution in [-0.2, 0) is 9.47 Å². The number of hydrogen-bond acceptors (Lipinski definition) is 6. The lowest BCUT2D eigenvalue weighted by Gasteiger charge is -2.07. The molecule has 0 amide bonds. The highest BCUT2D eigenvalue weighted by atomic mass is 16.7. The van der Waals surface area contributed by atoms with Crippen LogP contribution in [0.3, 0.4) is 0 Å². The normalized spacial score (nSPS) is 10.9. The summed E-state index contributed by atoms with van der Waals surface area (Å²) in [5.41, 5.74) is 1.04. The first-order valence-electron chi connectivity index (χ1n) is 8.70. The Morgan fingerprint density at radius 3 is 2.11 bits per heavy atom. The summed E-state index contributed by atoms with van der Waals surface area (Å²) in [5.74, 6) is 0.676. The van der Waals surface area contributed by atoms with E-state index in [-0.39, 0.29) is 30.7 Å². The van der Waals surface area contributed by atoms with Crippen LogP contribution in [0.4, 0.5) is 0 Å². The lowest BCUT2D eigenvalue weighted by molar-refractivity contribution is 0.0221. The van der Waals surface area contributed by atoms with Crippen molar-refractivity contribution in [2.45, 2.75) is 13.8 Å². The van der Waals surface area contributed by atoms with Crippen molar-refractivity contribution >= 4 is 11.9 Å². The monoisotopic (exact) mass is 372 g/mol. The van der Waals surface area contributed by atoms with Gasteiger partial charge in [0.2, 0.25) is 0 Å². The van der Waals surface area contributed by atoms with Crippen molar-refractivity contribution in [2.24, 2.45) is 0 Å². The summed E-state index contributed by atoms with van der Waals surface area (Å²) in [6, 6.07) is 11.8. The second kappa shape index (κ2) is 11.0. The molecule has 2 aromatic carbocycles. The third-order valence-corrected chi connectivity index (χ3v) is 3.57. The molecule has 0 radical (unpaired) electrons. The number of phenolic OH excluding ortho intramolecular Hbond substituents is 1. The molecule has 0 fully saturated rings. The minimum atomic E-state index is -0.305. The van der Waals surface area contributed by atoms with E-state index < -0.39 is 0 Å². The zero-order valence-electron chi connectivity index (χ0n) is 15.5. The van der Waals surface area contributed by atoms with Gasteiger partial charge in [0, 0.05) is 19.3 Å². The fourth-order valence-corrected chi connectivity index (χ4v) is 2.13. The van der Waals surface area contributed by atoms with E-state index in [1.165, 1.54) is 18.2 Å². The van der Waals surface area contributed by atoms with Gasteiger partial charge in [0.25, 0.3) is 0 Å². The largest absolute Gasteiger partial charge is 0.507 e. The van der Waals surface area contributed by atoms with Crippen LogP contribution in [0.25, 0.3) is 6.08 Å². The average Bonchev–Trinajstić information content (AvgIpc) is 2.68. The highest BCUT2D eigenvalue weighted by Crippen LogP contribution is 2.24. The van der Waals surface area contributed by atoms with E-state index in [4.69, 9.17) is 18.9 Å². The van der Waals surface area contributed by atoms with Gasteiger partial charge in [-0.3, -0.25) is 4.79 Å². The number of phenols is 1. The van der Waals surface area contributed by atoms with Crippen LogP contribution in [0.2, 0.25) is 0 Å². The topological polar surface area (TPSA) is 74.2 Å². The molecule has 0 aromatic heterocycles. The number of hydrogen-bond donors (Lipinski definition) is 1. The van der Waals surface area contributed by atoms with Gasteiger partial charge in [0.05, 0.1) is 5.56 Å². The SMILES string of the molecule is CCOCOc1ccc(/C=C/C(=O)c2ccc(OCOCC)cc2O)cc1. The molecule has 6 nitrogen and oxygen atoms in total. The highest BCUT2D eigenvalue weighted by Gasteiger charge is 2.09. The molecule has 144 valence electrons. The van der Waals surface area contributed by atoms with Gasteiger partial charge in [-0.25, -0.2) is 0 Å². The maximum Gasteiger partial charge on any atom is 0.189 e. The molecule has 1 N–H and O–H groups in total. The van der Waals surface area contributed by atoms with E-state index in [0.29, 0.717) is 24.7 Å². The van der Waals surface area contributed by atoms with Crippen molar-refractivity contribution in [1.82, 2.24) is 0 Å². The molecule has 0 aliphatic carbocycles. The molecular weight excluding hydrogens is 348 g/mol. The van der Waals surface area contributed by atoms with E-state index in [1.54, 1.807) is 24.3 Å². The second-order valence-corrected chi connectivity index (χ2v) is 5.46.